The molecule has 9 nitrogen and oxygen atoms in total. The molecule has 2 aromatic carbocycles. The number of hydrogen-bond donors (Lipinski definition) is 0. The number of nitrogens with zero attached hydrogens (tertiary/aromatic N) is 3. The highest BCUT2D eigenvalue weighted by Crippen LogP contribution is 2.33. The van der Waals surface area contributed by atoms with Gasteiger partial charge >= 0.3 is 0 Å². The molecule has 0 bridgehead atoms. The quantitative estimate of drug-likeness (QED) is 0.252. The van der Waals surface area contributed by atoms with Crippen LogP contribution in [0.25, 0.3) is 10.2 Å². The number of rotatable bonds is 12. The van der Waals surface area contributed by atoms with Crippen LogP contribution < -0.4 is 4.90 Å². The molecule has 0 atom stereocenters. The van der Waals surface area contributed by atoms with Crippen molar-refractivity contribution in [2.45, 2.75) is 11.4 Å². The van der Waals surface area contributed by atoms with Crippen molar-refractivity contribution < 1.29 is 35.9 Å². The van der Waals surface area contributed by atoms with E-state index in [9.17, 15) is 22.0 Å². The summed E-state index contributed by atoms with van der Waals surface area (Å²) in [7, 11) is -0.925. The van der Waals surface area contributed by atoms with Crippen molar-refractivity contribution in [3.05, 3.63) is 77.8 Å². The molecule has 0 aliphatic rings. The first-order valence-electron chi connectivity index (χ1n) is 11.4. The highest BCUT2D eigenvalue weighted by atomic mass is 32.2. The monoisotopic (exact) mass is 565 g/mol. The number of aromatic nitrogens is 1. The number of benzene rings is 2. The zero-order valence-electron chi connectivity index (χ0n) is 20.6. The van der Waals surface area contributed by atoms with Crippen LogP contribution >= 0.6 is 11.3 Å². The van der Waals surface area contributed by atoms with Crippen molar-refractivity contribution >= 4 is 42.6 Å². The Morgan fingerprint density at radius 2 is 1.74 bits per heavy atom. The maximum atomic E-state index is 14.3. The third-order valence-corrected chi connectivity index (χ3v) is 8.54. The number of halogens is 2. The van der Waals surface area contributed by atoms with Gasteiger partial charge in [0.2, 0.25) is 10.0 Å². The number of ether oxygens (including phenoxy) is 2. The number of anilines is 1. The number of furan rings is 1. The Bertz CT molecular complexity index is 1480. The molecule has 0 spiro atoms. The van der Waals surface area contributed by atoms with E-state index >= 15 is 0 Å². The van der Waals surface area contributed by atoms with E-state index in [4.69, 9.17) is 13.9 Å². The predicted molar refractivity (Wildman–Crippen MR) is 138 cm³/mol. The third kappa shape index (κ3) is 6.08. The van der Waals surface area contributed by atoms with Crippen LogP contribution in [0.1, 0.15) is 16.1 Å². The van der Waals surface area contributed by atoms with Crippen molar-refractivity contribution in [3.63, 3.8) is 0 Å². The lowest BCUT2D eigenvalue weighted by atomic mass is 10.2. The Morgan fingerprint density at radius 3 is 2.34 bits per heavy atom. The maximum absolute atomic E-state index is 14.3. The van der Waals surface area contributed by atoms with E-state index in [0.29, 0.717) is 5.76 Å². The Labute approximate surface area is 222 Å². The number of carbonyl (C=O) groups is 1. The van der Waals surface area contributed by atoms with E-state index in [0.717, 1.165) is 23.5 Å². The number of fused-ring (bicyclic) bond motifs is 1. The average molecular weight is 566 g/mol. The van der Waals surface area contributed by atoms with Crippen molar-refractivity contribution in [3.8, 4) is 0 Å². The van der Waals surface area contributed by atoms with Gasteiger partial charge in [0, 0.05) is 38.9 Å². The second kappa shape index (κ2) is 12.1. The fourth-order valence-corrected chi connectivity index (χ4v) is 6.07. The topological polar surface area (TPSA) is 102 Å². The maximum Gasteiger partial charge on any atom is 0.260 e. The van der Waals surface area contributed by atoms with Gasteiger partial charge in [-0.1, -0.05) is 11.3 Å². The molecule has 202 valence electrons. The van der Waals surface area contributed by atoms with Gasteiger partial charge in [-0.3, -0.25) is 9.69 Å². The number of carbonyl (C=O) groups excluding carboxylic acids is 1. The van der Waals surface area contributed by atoms with Gasteiger partial charge in [0.1, 0.15) is 17.1 Å². The van der Waals surface area contributed by atoms with E-state index in [2.05, 4.69) is 4.98 Å². The molecular weight excluding hydrogens is 540 g/mol. The standard InChI is InChI=1S/C25H25F2N3O6S2/c1-34-12-9-29(10-13-35-2)38(32,33)20-7-5-17(6-8-20)24(31)30(16-19-4-3-11-36-19)25-28-23-21(27)14-18(26)15-22(23)37-25/h3-8,11,14-15H,9-10,12-13,16H2,1-2H3. The molecule has 2 heterocycles. The number of sulfonamides is 1. The molecule has 4 rings (SSSR count). The van der Waals surface area contributed by atoms with Crippen LogP contribution in [0.4, 0.5) is 13.9 Å². The minimum Gasteiger partial charge on any atom is -0.467 e. The van der Waals surface area contributed by atoms with Crippen LogP contribution in [0.3, 0.4) is 0 Å². The van der Waals surface area contributed by atoms with Gasteiger partial charge in [-0.25, -0.2) is 22.2 Å². The van der Waals surface area contributed by atoms with Gasteiger partial charge in [0.15, 0.2) is 10.9 Å². The molecule has 1 amide bonds. The predicted octanol–water partition coefficient (Wildman–Crippen LogP) is 4.30. The summed E-state index contributed by atoms with van der Waals surface area (Å²) in [6.07, 6.45) is 1.45. The molecule has 0 radical (unpaired) electrons. The Balaban J connectivity index is 1.65. The molecule has 0 aliphatic carbocycles. The summed E-state index contributed by atoms with van der Waals surface area (Å²) >= 11 is 0.951. The van der Waals surface area contributed by atoms with Crippen molar-refractivity contribution in [1.82, 2.24) is 9.29 Å². The summed E-state index contributed by atoms with van der Waals surface area (Å²) in [5.74, 6) is -1.68. The molecular formula is C25H25F2N3O6S2. The van der Waals surface area contributed by atoms with Crippen LogP contribution in [0, 0.1) is 11.6 Å². The van der Waals surface area contributed by atoms with Gasteiger partial charge in [-0.2, -0.15) is 4.31 Å². The van der Waals surface area contributed by atoms with Crippen LogP contribution in [-0.2, 0) is 26.0 Å². The Morgan fingerprint density at radius 1 is 1.05 bits per heavy atom. The summed E-state index contributed by atoms with van der Waals surface area (Å²) in [4.78, 5) is 19.1. The lowest BCUT2D eigenvalue weighted by Gasteiger charge is -2.22. The minimum absolute atomic E-state index is 0.00336. The molecule has 38 heavy (non-hydrogen) atoms. The number of hydrogen-bond acceptors (Lipinski definition) is 8. The average Bonchev–Trinajstić information content (AvgIpc) is 3.57. The molecule has 0 aliphatic heterocycles. The fourth-order valence-electron chi connectivity index (χ4n) is 3.66. The Hall–Kier alpha value is -3.23. The van der Waals surface area contributed by atoms with Gasteiger partial charge in [0.25, 0.3) is 5.91 Å². The second-order valence-corrected chi connectivity index (χ2v) is 11.1. The highest BCUT2D eigenvalue weighted by Gasteiger charge is 2.27. The summed E-state index contributed by atoms with van der Waals surface area (Å²) in [5.41, 5.74) is 0.110. The molecule has 0 fully saturated rings. The van der Waals surface area contributed by atoms with Crippen molar-refractivity contribution in [2.75, 3.05) is 45.4 Å². The number of methoxy groups -OCH3 is 2. The molecule has 13 heteroatoms. The summed E-state index contributed by atoms with van der Waals surface area (Å²) in [6.45, 7) is 0.641. The van der Waals surface area contributed by atoms with E-state index in [1.165, 1.54) is 54.0 Å². The SMILES string of the molecule is COCCN(CCOC)S(=O)(=O)c1ccc(C(=O)N(Cc2ccco2)c2nc3c(F)cc(F)cc3s2)cc1. The molecule has 0 N–H and O–H groups in total. The largest absolute Gasteiger partial charge is 0.467 e. The first-order chi connectivity index (χ1) is 18.2. The summed E-state index contributed by atoms with van der Waals surface area (Å²) in [6, 6.07) is 10.7. The third-order valence-electron chi connectivity index (χ3n) is 5.60. The Kier molecular flexibility index (Phi) is 8.84. The van der Waals surface area contributed by atoms with Crippen LogP contribution in [0.5, 0.6) is 0 Å². The second-order valence-electron chi connectivity index (χ2n) is 8.12. The van der Waals surface area contributed by atoms with E-state index < -0.39 is 27.6 Å². The fraction of sp³-hybridized carbons (Fsp3) is 0.280. The van der Waals surface area contributed by atoms with E-state index in [1.807, 2.05) is 0 Å². The molecule has 0 unspecified atom stereocenters. The first-order valence-corrected chi connectivity index (χ1v) is 13.7. The zero-order valence-corrected chi connectivity index (χ0v) is 22.2. The molecule has 2 aromatic heterocycles. The van der Waals surface area contributed by atoms with Crippen molar-refractivity contribution in [1.29, 1.82) is 0 Å². The van der Waals surface area contributed by atoms with Crippen molar-refractivity contribution in [2.24, 2.45) is 0 Å². The number of thiazole rings is 1. The number of amides is 1. The van der Waals surface area contributed by atoms with E-state index in [-0.39, 0.29) is 58.7 Å². The lowest BCUT2D eigenvalue weighted by molar-refractivity contribution is 0.0983. The molecule has 4 aromatic rings. The first kappa shape index (κ1) is 27.8. The smallest absolute Gasteiger partial charge is 0.260 e. The van der Waals surface area contributed by atoms with Gasteiger partial charge in [0.05, 0.1) is 35.6 Å². The summed E-state index contributed by atoms with van der Waals surface area (Å²) in [5, 5.41) is 0.132. The molecule has 0 saturated carbocycles. The van der Waals surface area contributed by atoms with Gasteiger partial charge < -0.3 is 13.9 Å². The molecule has 0 saturated heterocycles. The normalized spacial score (nSPS) is 11.9. The highest BCUT2D eigenvalue weighted by molar-refractivity contribution is 7.89. The van der Waals surface area contributed by atoms with E-state index in [1.54, 1.807) is 12.1 Å². The van der Waals surface area contributed by atoms with Crippen LogP contribution in [0.2, 0.25) is 0 Å². The van der Waals surface area contributed by atoms with Crippen LogP contribution in [-0.4, -0.2) is 64.1 Å². The van der Waals surface area contributed by atoms with Crippen LogP contribution in [0.15, 0.2) is 64.1 Å². The summed E-state index contributed by atoms with van der Waals surface area (Å²) < 4.78 is 71.3. The lowest BCUT2D eigenvalue weighted by Crippen LogP contribution is -2.36. The zero-order chi connectivity index (χ0) is 27.3. The minimum atomic E-state index is -3.88. The van der Waals surface area contributed by atoms with Gasteiger partial charge in [-0.15, -0.1) is 0 Å². The van der Waals surface area contributed by atoms with Gasteiger partial charge in [-0.05, 0) is 42.5 Å².